The first kappa shape index (κ1) is 24.8. The van der Waals surface area contributed by atoms with Gasteiger partial charge in [-0.15, -0.1) is 59.3 Å². The zero-order valence-electron chi connectivity index (χ0n) is 16.5. The van der Waals surface area contributed by atoms with Crippen molar-refractivity contribution in [3.8, 4) is 0 Å². The van der Waals surface area contributed by atoms with E-state index in [0.29, 0.717) is 0 Å². The Kier molecular flexibility index (Phi) is 15.2. The van der Waals surface area contributed by atoms with Gasteiger partial charge in [0.15, 0.2) is 0 Å². The molecular weight excluding hydrogens is 408 g/mol. The molecule has 0 spiro atoms. The molecule has 0 saturated heterocycles. The van der Waals surface area contributed by atoms with E-state index in [0.717, 1.165) is 0 Å². The van der Waals surface area contributed by atoms with Crippen LogP contribution in [-0.2, 0) is 23.3 Å². The summed E-state index contributed by atoms with van der Waals surface area (Å²) in [6.07, 6.45) is 0. The Bertz CT molecular complexity index is 709. The van der Waals surface area contributed by atoms with E-state index in [1.54, 1.807) is 37.2 Å². The van der Waals surface area contributed by atoms with E-state index >= 15 is 0 Å². The fraction of sp³-hybridized carbons (Fsp3) is 0.167. The van der Waals surface area contributed by atoms with Crippen LogP contribution in [0.25, 0.3) is 21.5 Å². The molecule has 4 aromatic rings. The van der Waals surface area contributed by atoms with E-state index in [1.165, 1.54) is 21.5 Å². The van der Waals surface area contributed by atoms with E-state index < -0.39 is 0 Å². The summed E-state index contributed by atoms with van der Waals surface area (Å²) in [6, 6.07) is 29.3. The van der Waals surface area contributed by atoms with Crippen LogP contribution in [0.15, 0.2) is 84.9 Å². The van der Waals surface area contributed by atoms with Crippen molar-refractivity contribution in [1.82, 2.24) is 0 Å². The molecule has 4 aromatic carbocycles. The predicted octanol–water partition coefficient (Wildman–Crippen LogP) is 7.58. The minimum Gasteiger partial charge on any atom is -0.346 e. The Morgan fingerprint density at radius 3 is 1.27 bits per heavy atom. The Balaban J connectivity index is 0.000000349. The van der Waals surface area contributed by atoms with Crippen molar-refractivity contribution in [3.05, 3.63) is 98.8 Å². The molecule has 0 aromatic heterocycles. The molecule has 2 heteroatoms. The molecule has 0 bridgehead atoms. The van der Waals surface area contributed by atoms with Crippen molar-refractivity contribution in [2.24, 2.45) is 0 Å². The quantitative estimate of drug-likeness (QED) is 0.196. The molecule has 0 amide bonds. The van der Waals surface area contributed by atoms with Gasteiger partial charge in [-0.05, 0) is 0 Å². The van der Waals surface area contributed by atoms with Gasteiger partial charge in [-0.2, -0.15) is 48.9 Å². The van der Waals surface area contributed by atoms with Crippen molar-refractivity contribution in [2.75, 3.05) is 0 Å². The topological polar surface area (TPSA) is 0 Å². The maximum Gasteiger partial charge on any atom is -0.0809 e. The summed E-state index contributed by atoms with van der Waals surface area (Å²) in [7, 11) is 0. The first-order valence-corrected chi connectivity index (χ1v) is 15.0. The Labute approximate surface area is 175 Å². The van der Waals surface area contributed by atoms with Crippen LogP contribution in [0.4, 0.5) is 0 Å². The number of hydrogen-bond acceptors (Lipinski definition) is 0. The zero-order valence-corrected chi connectivity index (χ0v) is 20.0. The van der Waals surface area contributed by atoms with Crippen LogP contribution in [0.3, 0.4) is 0 Å². The third-order valence-corrected chi connectivity index (χ3v) is 3.10. The van der Waals surface area contributed by atoms with Crippen LogP contribution < -0.4 is 0 Å². The van der Waals surface area contributed by atoms with E-state index in [2.05, 4.69) is 112 Å². The molecule has 0 aliphatic carbocycles. The first-order valence-electron chi connectivity index (χ1n) is 8.81. The first-order chi connectivity index (χ1) is 12.7. The average Bonchev–Trinajstić information content (AvgIpc) is 3.34. The summed E-state index contributed by atoms with van der Waals surface area (Å²) >= 11 is 1.74. The summed E-state index contributed by atoms with van der Waals surface area (Å²) in [5.74, 6) is 0. The third-order valence-electron chi connectivity index (χ3n) is 3.10. The van der Waals surface area contributed by atoms with Gasteiger partial charge in [0.25, 0.3) is 0 Å². The van der Waals surface area contributed by atoms with Gasteiger partial charge < -0.3 is 13.8 Å². The second-order valence-electron chi connectivity index (χ2n) is 5.31. The molecule has 26 heavy (non-hydrogen) atoms. The molecule has 0 unspecified atom stereocenters. The molecular formula is C24H30SiZr-4. The van der Waals surface area contributed by atoms with Crippen molar-refractivity contribution in [3.63, 3.8) is 0 Å². The summed E-state index contributed by atoms with van der Waals surface area (Å²) in [5.41, 5.74) is 0.210. The van der Waals surface area contributed by atoms with E-state index in [4.69, 9.17) is 0 Å². The monoisotopic (exact) mass is 436 g/mol. The fourth-order valence-electron chi connectivity index (χ4n) is 2.14. The molecule has 0 radical (unpaired) electrons. The van der Waals surface area contributed by atoms with Gasteiger partial charge in [0.1, 0.15) is 0 Å². The molecule has 0 nitrogen and oxygen atoms in total. The maximum absolute atomic E-state index is 3.25. The molecule has 0 aliphatic rings. The SMILES string of the molecule is C[Si](C)=[Zr].[CH2-]C.[CH2-]C.c1ccc2[cH-]ccc2c1.c1ccc2[cH-]ccc2c1. The molecule has 138 valence electrons. The van der Waals surface area contributed by atoms with Crippen LogP contribution in [0, 0.1) is 13.8 Å². The van der Waals surface area contributed by atoms with Crippen LogP contribution >= 0.6 is 0 Å². The summed E-state index contributed by atoms with van der Waals surface area (Å²) in [6.45, 7) is 14.6. The number of fused-ring (bicyclic) bond motifs is 2. The van der Waals surface area contributed by atoms with Gasteiger partial charge in [-0.1, -0.05) is 12.1 Å². The Morgan fingerprint density at radius 1 is 0.654 bits per heavy atom. The largest absolute Gasteiger partial charge is 0.346 e. The van der Waals surface area contributed by atoms with Crippen LogP contribution in [0.5, 0.6) is 0 Å². The minimum absolute atomic E-state index is 0.210. The van der Waals surface area contributed by atoms with E-state index in [-0.39, 0.29) is 5.43 Å². The second-order valence-corrected chi connectivity index (χ2v) is 14.7. The van der Waals surface area contributed by atoms with Crippen molar-refractivity contribution in [2.45, 2.75) is 26.9 Å². The van der Waals surface area contributed by atoms with Gasteiger partial charge >= 0.3 is 41.9 Å². The normalized spacial score (nSPS) is 8.50. The van der Waals surface area contributed by atoms with Gasteiger partial charge in [0, 0.05) is 0 Å². The molecule has 4 rings (SSSR count). The third kappa shape index (κ3) is 10.0. The van der Waals surface area contributed by atoms with Gasteiger partial charge in [-0.3, -0.25) is 0 Å². The Morgan fingerprint density at radius 2 is 0.962 bits per heavy atom. The predicted molar refractivity (Wildman–Crippen MR) is 119 cm³/mol. The van der Waals surface area contributed by atoms with Gasteiger partial charge in [0.05, 0.1) is 0 Å². The maximum atomic E-state index is 3.25. The van der Waals surface area contributed by atoms with Crippen molar-refractivity contribution < 1.29 is 23.3 Å². The molecule has 0 aliphatic heterocycles. The molecule has 0 heterocycles. The standard InChI is InChI=1S/2C9H7.C2H6Si.2C2H5.Zr/c2*1-2-5-9-7-3-6-8(9)4-1;1-3-2;2*1-2;/h2*1-7H;1-2H3;2*1H2,2H3;/q2*-1;;2*-1;. The second kappa shape index (κ2) is 16.0. The Hall–Kier alpha value is -1.24. The fourth-order valence-corrected chi connectivity index (χ4v) is 2.14. The van der Waals surface area contributed by atoms with Crippen molar-refractivity contribution >= 4 is 27.0 Å². The van der Waals surface area contributed by atoms with Crippen molar-refractivity contribution in [1.29, 1.82) is 0 Å². The summed E-state index contributed by atoms with van der Waals surface area (Å²) in [4.78, 5) is 0. The number of rotatable bonds is 0. The van der Waals surface area contributed by atoms with Crippen LogP contribution in [-0.4, -0.2) is 5.43 Å². The smallest absolute Gasteiger partial charge is 0.0809 e. The van der Waals surface area contributed by atoms with Gasteiger partial charge in [0.2, 0.25) is 0 Å². The van der Waals surface area contributed by atoms with Crippen LogP contribution in [0.2, 0.25) is 13.1 Å². The number of hydrogen-bond donors (Lipinski definition) is 0. The van der Waals surface area contributed by atoms with E-state index in [9.17, 15) is 0 Å². The molecule has 0 saturated carbocycles. The van der Waals surface area contributed by atoms with E-state index in [1.807, 2.05) is 0 Å². The van der Waals surface area contributed by atoms with Gasteiger partial charge in [-0.25, -0.2) is 0 Å². The molecule has 0 atom stereocenters. The molecule has 0 N–H and O–H groups in total. The van der Waals surface area contributed by atoms with Crippen LogP contribution in [0.1, 0.15) is 13.8 Å². The zero-order chi connectivity index (χ0) is 19.8. The minimum atomic E-state index is 0.210. The summed E-state index contributed by atoms with van der Waals surface area (Å²) in [5, 5.41) is 5.32. The molecule has 0 fully saturated rings. The number of benzene rings is 2. The average molecular weight is 438 g/mol. The summed E-state index contributed by atoms with van der Waals surface area (Å²) < 4.78 is 0.